The molecule has 9 heteroatoms. The van der Waals surface area contributed by atoms with Crippen LogP contribution in [0.1, 0.15) is 27.6 Å². The summed E-state index contributed by atoms with van der Waals surface area (Å²) in [6, 6.07) is 6.66. The Morgan fingerprint density at radius 2 is 1.44 bits per heavy atom. The zero-order valence-electron chi connectivity index (χ0n) is 15.6. The Morgan fingerprint density at radius 1 is 0.963 bits per heavy atom. The molecule has 0 radical (unpaired) electrons. The van der Waals surface area contributed by atoms with Gasteiger partial charge in [0.1, 0.15) is 0 Å². The van der Waals surface area contributed by atoms with Crippen LogP contribution in [0.25, 0.3) is 0 Å². The molecule has 0 aromatic heterocycles. The Labute approximate surface area is 169 Å². The van der Waals surface area contributed by atoms with Crippen LogP contribution >= 0.6 is 30.9 Å². The highest BCUT2D eigenvalue weighted by Gasteiger charge is 2.36. The molecule has 0 unspecified atom stereocenters. The molecule has 0 saturated carbocycles. The molecular formula is C18H23Cl2N2O4P. The maximum atomic E-state index is 13.5. The van der Waals surface area contributed by atoms with Gasteiger partial charge in [0, 0.05) is 47.1 Å². The molecule has 1 aromatic carbocycles. The zero-order valence-corrected chi connectivity index (χ0v) is 18.0. The van der Waals surface area contributed by atoms with E-state index < -0.39 is 7.67 Å². The van der Waals surface area contributed by atoms with Gasteiger partial charge in [-0.15, -0.1) is 23.2 Å². The highest BCUT2D eigenvalue weighted by molar-refractivity contribution is 7.53. The molecule has 0 bridgehead atoms. The Hall–Kier alpha value is -1.01. The average molecular weight is 433 g/mol. The quantitative estimate of drug-likeness (QED) is 0.436. The Morgan fingerprint density at radius 3 is 1.93 bits per heavy atom. The second kappa shape index (κ2) is 9.46. The first-order valence-corrected chi connectivity index (χ1v) is 11.1. The number of nitrogens with zero attached hydrogens (tertiary/aromatic N) is 2. The van der Waals surface area contributed by atoms with Crippen LogP contribution in [0.4, 0.5) is 0 Å². The highest BCUT2D eigenvalue weighted by Crippen LogP contribution is 2.52. The van der Waals surface area contributed by atoms with Gasteiger partial charge in [-0.25, -0.2) is 9.34 Å². The van der Waals surface area contributed by atoms with Gasteiger partial charge in [0.05, 0.1) is 6.61 Å². The number of hydrogen-bond acceptors (Lipinski definition) is 4. The molecule has 148 valence electrons. The van der Waals surface area contributed by atoms with Crippen molar-refractivity contribution in [2.24, 2.45) is 0 Å². The third-order valence-electron chi connectivity index (χ3n) is 4.54. The molecule has 1 aliphatic carbocycles. The van der Waals surface area contributed by atoms with Crippen molar-refractivity contribution in [2.45, 2.75) is 6.92 Å². The molecule has 1 aliphatic rings. The summed E-state index contributed by atoms with van der Waals surface area (Å²) in [6.07, 6.45) is 0. The van der Waals surface area contributed by atoms with Crippen molar-refractivity contribution >= 4 is 42.4 Å². The number of rotatable bonds is 9. The largest absolute Gasteiger partial charge is 0.345 e. The van der Waals surface area contributed by atoms with Crippen molar-refractivity contribution in [1.82, 2.24) is 9.34 Å². The summed E-state index contributed by atoms with van der Waals surface area (Å²) in [6.45, 7) is 2.02. The summed E-state index contributed by atoms with van der Waals surface area (Å²) in [5.41, 5.74) is 1.25. The maximum Gasteiger partial charge on any atom is 0.345 e. The Bertz CT molecular complexity index is 796. The van der Waals surface area contributed by atoms with Crippen molar-refractivity contribution in [3.05, 3.63) is 46.5 Å². The maximum absolute atomic E-state index is 13.5. The summed E-state index contributed by atoms with van der Waals surface area (Å²) in [4.78, 5) is 25.4. The minimum Gasteiger partial charge on any atom is -0.301 e. The molecule has 0 atom stereocenters. The van der Waals surface area contributed by atoms with Crippen molar-refractivity contribution in [2.75, 3.05) is 45.6 Å². The van der Waals surface area contributed by atoms with Gasteiger partial charge < -0.3 is 4.52 Å². The van der Waals surface area contributed by atoms with E-state index in [1.165, 1.54) is 9.34 Å². The van der Waals surface area contributed by atoms with Crippen LogP contribution in [-0.4, -0.2) is 66.5 Å². The lowest BCUT2D eigenvalue weighted by atomic mass is 9.85. The van der Waals surface area contributed by atoms with Crippen molar-refractivity contribution in [3.8, 4) is 0 Å². The van der Waals surface area contributed by atoms with E-state index in [-0.39, 0.29) is 35.5 Å². The number of hydrogen-bond donors (Lipinski definition) is 0. The van der Waals surface area contributed by atoms with E-state index in [1.807, 2.05) is 0 Å². The Balaban J connectivity index is 2.31. The van der Waals surface area contributed by atoms with Crippen LogP contribution < -0.4 is 0 Å². The van der Waals surface area contributed by atoms with Crippen LogP contribution in [0.15, 0.2) is 35.4 Å². The van der Waals surface area contributed by atoms with Crippen LogP contribution in [0.3, 0.4) is 0 Å². The molecular weight excluding hydrogens is 410 g/mol. The third kappa shape index (κ3) is 4.53. The standard InChI is InChI=1S/C18H23Cl2N2O4P/c1-13-16(18(24)15-7-5-4-6-14(15)17(13)23)12-26-27(25,21(2)10-8-19)22(3)11-9-20/h4-7H,8-12H2,1-3H3. The molecule has 0 saturated heterocycles. The number of carbonyl (C=O) groups excluding carboxylic acids is 2. The van der Waals surface area contributed by atoms with Crippen molar-refractivity contribution < 1.29 is 18.7 Å². The number of benzene rings is 1. The van der Waals surface area contributed by atoms with E-state index in [0.717, 1.165) is 0 Å². The molecule has 0 amide bonds. The molecule has 6 nitrogen and oxygen atoms in total. The molecule has 0 fully saturated rings. The third-order valence-corrected chi connectivity index (χ3v) is 7.47. The van der Waals surface area contributed by atoms with Gasteiger partial charge in [0.25, 0.3) is 0 Å². The number of carbonyl (C=O) groups is 2. The van der Waals surface area contributed by atoms with Gasteiger partial charge in [-0.3, -0.25) is 14.2 Å². The van der Waals surface area contributed by atoms with Crippen molar-refractivity contribution in [3.63, 3.8) is 0 Å². The van der Waals surface area contributed by atoms with E-state index in [1.54, 1.807) is 45.3 Å². The van der Waals surface area contributed by atoms with E-state index >= 15 is 0 Å². The van der Waals surface area contributed by atoms with Gasteiger partial charge in [0.2, 0.25) is 0 Å². The summed E-state index contributed by atoms with van der Waals surface area (Å²) in [7, 11) is -0.184. The first kappa shape index (κ1) is 22.3. The van der Waals surface area contributed by atoms with Gasteiger partial charge >= 0.3 is 7.67 Å². The smallest absolute Gasteiger partial charge is 0.301 e. The number of alkyl halides is 2. The fourth-order valence-corrected chi connectivity index (χ4v) is 5.49. The monoisotopic (exact) mass is 432 g/mol. The van der Waals surface area contributed by atoms with Gasteiger partial charge in [-0.1, -0.05) is 24.3 Å². The van der Waals surface area contributed by atoms with E-state index in [9.17, 15) is 14.2 Å². The van der Waals surface area contributed by atoms with E-state index in [2.05, 4.69) is 0 Å². The van der Waals surface area contributed by atoms with Crippen LogP contribution in [0.2, 0.25) is 0 Å². The van der Waals surface area contributed by atoms with E-state index in [4.69, 9.17) is 27.7 Å². The number of fused-ring (bicyclic) bond motifs is 1. The number of Topliss-reactive ketones (excluding diaryl/α,β-unsaturated/α-hetero) is 2. The SMILES string of the molecule is CC1=C(COP(=O)(N(C)CCCl)N(C)CCCl)C(=O)c2ccccc2C1=O. The molecule has 0 spiro atoms. The normalized spacial score (nSPS) is 15.1. The minimum atomic E-state index is -3.46. The summed E-state index contributed by atoms with van der Waals surface area (Å²) < 4.78 is 22.3. The van der Waals surface area contributed by atoms with E-state index in [0.29, 0.717) is 29.8 Å². The van der Waals surface area contributed by atoms with Gasteiger partial charge in [-0.05, 0) is 21.0 Å². The van der Waals surface area contributed by atoms with Crippen LogP contribution in [-0.2, 0) is 9.09 Å². The predicted octanol–water partition coefficient (Wildman–Crippen LogP) is 3.85. The topological polar surface area (TPSA) is 66.9 Å². The minimum absolute atomic E-state index is 0.220. The lowest BCUT2D eigenvalue weighted by Crippen LogP contribution is -2.32. The number of ketones is 2. The van der Waals surface area contributed by atoms with Crippen LogP contribution in [0.5, 0.6) is 0 Å². The molecule has 2 rings (SSSR count). The molecule has 1 aromatic rings. The second-order valence-electron chi connectivity index (χ2n) is 6.21. The number of allylic oxidation sites excluding steroid dienone is 1. The fraction of sp³-hybridized carbons (Fsp3) is 0.444. The molecule has 27 heavy (non-hydrogen) atoms. The predicted molar refractivity (Wildman–Crippen MR) is 108 cm³/mol. The Kier molecular flexibility index (Phi) is 7.81. The lowest BCUT2D eigenvalue weighted by Gasteiger charge is -2.34. The average Bonchev–Trinajstić information content (AvgIpc) is 2.66. The van der Waals surface area contributed by atoms with Crippen molar-refractivity contribution in [1.29, 1.82) is 0 Å². The molecule has 0 heterocycles. The number of halogens is 2. The molecule has 0 N–H and O–H groups in total. The van der Waals surface area contributed by atoms with Gasteiger partial charge in [0.15, 0.2) is 11.6 Å². The zero-order chi connectivity index (χ0) is 20.2. The first-order chi connectivity index (χ1) is 12.8. The fourth-order valence-electron chi connectivity index (χ4n) is 2.83. The second-order valence-corrected chi connectivity index (χ2v) is 9.57. The van der Waals surface area contributed by atoms with Gasteiger partial charge in [-0.2, -0.15) is 0 Å². The lowest BCUT2D eigenvalue weighted by molar-refractivity contribution is 0.0963. The summed E-state index contributed by atoms with van der Waals surface area (Å²) in [5, 5.41) is 0. The highest BCUT2D eigenvalue weighted by atomic mass is 35.5. The summed E-state index contributed by atoms with van der Waals surface area (Å²) >= 11 is 11.6. The first-order valence-electron chi connectivity index (χ1n) is 8.45. The summed E-state index contributed by atoms with van der Waals surface area (Å²) in [5.74, 6) is 0.0342. The molecule has 0 aliphatic heterocycles. The van der Waals surface area contributed by atoms with Crippen LogP contribution in [0, 0.1) is 0 Å².